The highest BCUT2D eigenvalue weighted by atomic mass is 14.4. The number of hydrogen-bond acceptors (Lipinski definition) is 1. The Kier molecular flexibility index (Phi) is 3.08. The summed E-state index contributed by atoms with van der Waals surface area (Å²) >= 11 is 0. The first kappa shape index (κ1) is 7.68. The van der Waals surface area contributed by atoms with Gasteiger partial charge in [0, 0.05) is 12.5 Å². The zero-order valence-electron chi connectivity index (χ0n) is 6.38. The molecule has 0 radical (unpaired) electrons. The van der Waals surface area contributed by atoms with E-state index in [9.17, 15) is 0 Å². The second-order valence-corrected chi connectivity index (χ2v) is 2.31. The Morgan fingerprint density at radius 2 is 1.91 bits per heavy atom. The average molecular weight is 145 g/mol. The van der Waals surface area contributed by atoms with Gasteiger partial charge in [0.1, 0.15) is 0 Å². The van der Waals surface area contributed by atoms with Gasteiger partial charge in [-0.15, -0.1) is 0 Å². The molecule has 0 aliphatic rings. The van der Waals surface area contributed by atoms with Crippen molar-refractivity contribution in [3.63, 3.8) is 0 Å². The maximum Gasteiger partial charge on any atom is 0.0147 e. The lowest BCUT2D eigenvalue weighted by Gasteiger charge is -1.93. The molecule has 0 saturated heterocycles. The van der Waals surface area contributed by atoms with Gasteiger partial charge in [-0.25, -0.2) is 0 Å². The fraction of sp³-hybridized carbons (Fsp3) is 0.200. The molecule has 1 rings (SSSR count). The molecule has 0 atom stereocenters. The van der Waals surface area contributed by atoms with Crippen molar-refractivity contribution in [3.05, 3.63) is 35.9 Å². The van der Waals surface area contributed by atoms with Crippen molar-refractivity contribution in [3.8, 4) is 12.0 Å². The van der Waals surface area contributed by atoms with E-state index in [1.165, 1.54) is 5.56 Å². The first-order valence-corrected chi connectivity index (χ1v) is 3.66. The normalized spacial score (nSPS) is 8.36. The van der Waals surface area contributed by atoms with Crippen molar-refractivity contribution in [2.24, 2.45) is 5.73 Å². The number of hydrogen-bond donors (Lipinski definition) is 1. The van der Waals surface area contributed by atoms with E-state index in [-0.39, 0.29) is 0 Å². The van der Waals surface area contributed by atoms with E-state index in [1.807, 2.05) is 18.2 Å². The van der Waals surface area contributed by atoms with Gasteiger partial charge in [0.2, 0.25) is 0 Å². The van der Waals surface area contributed by atoms with E-state index < -0.39 is 0 Å². The van der Waals surface area contributed by atoms with Crippen molar-refractivity contribution in [1.29, 1.82) is 0 Å². The molecule has 11 heavy (non-hydrogen) atoms. The van der Waals surface area contributed by atoms with Crippen LogP contribution in [0.3, 0.4) is 0 Å². The van der Waals surface area contributed by atoms with Gasteiger partial charge in [-0.3, -0.25) is 0 Å². The van der Waals surface area contributed by atoms with Crippen LogP contribution in [0.5, 0.6) is 0 Å². The van der Waals surface area contributed by atoms with Gasteiger partial charge in [0.05, 0.1) is 0 Å². The molecule has 1 aromatic carbocycles. The summed E-state index contributed by atoms with van der Waals surface area (Å²) in [4.78, 5) is 0. The van der Waals surface area contributed by atoms with E-state index in [0.29, 0.717) is 0 Å². The van der Waals surface area contributed by atoms with Crippen LogP contribution in [0, 0.1) is 12.0 Å². The van der Waals surface area contributed by atoms with Gasteiger partial charge in [-0.2, -0.15) is 0 Å². The molecule has 0 heterocycles. The highest BCUT2D eigenvalue weighted by molar-refractivity contribution is 5.15. The summed E-state index contributed by atoms with van der Waals surface area (Å²) in [5, 5.41) is 0. The molecule has 1 heteroatoms. The minimum atomic E-state index is 0.848. The smallest absolute Gasteiger partial charge is 0.0147 e. The molecule has 0 bridgehead atoms. The Balaban J connectivity index is 2.43. The lowest BCUT2D eigenvalue weighted by Crippen LogP contribution is -1.83. The van der Waals surface area contributed by atoms with Crippen molar-refractivity contribution >= 4 is 0 Å². The van der Waals surface area contributed by atoms with Crippen LogP contribution in [0.25, 0.3) is 0 Å². The van der Waals surface area contributed by atoms with Crippen molar-refractivity contribution in [2.75, 3.05) is 0 Å². The maximum atomic E-state index is 5.03. The molecule has 1 aromatic rings. The third kappa shape index (κ3) is 2.77. The van der Waals surface area contributed by atoms with Gasteiger partial charge < -0.3 is 5.73 Å². The fourth-order valence-corrected chi connectivity index (χ4v) is 0.924. The van der Waals surface area contributed by atoms with Gasteiger partial charge in [-0.1, -0.05) is 36.3 Å². The average Bonchev–Trinajstić information content (AvgIpc) is 2.07. The van der Waals surface area contributed by atoms with Crippen LogP contribution >= 0.6 is 0 Å². The van der Waals surface area contributed by atoms with Crippen molar-refractivity contribution in [1.82, 2.24) is 0 Å². The minimum Gasteiger partial charge on any atom is -0.359 e. The summed E-state index contributed by atoms with van der Waals surface area (Å²) in [6, 6.07) is 12.7. The van der Waals surface area contributed by atoms with E-state index in [4.69, 9.17) is 5.73 Å². The van der Waals surface area contributed by atoms with Gasteiger partial charge in [0.25, 0.3) is 0 Å². The molecule has 0 unspecified atom stereocenters. The summed E-state index contributed by atoms with van der Waals surface area (Å²) in [5.41, 5.74) is 6.35. The summed E-state index contributed by atoms with van der Waals surface area (Å²) in [7, 11) is 0. The molecule has 2 N–H and O–H groups in total. The molecule has 0 saturated carbocycles. The Morgan fingerprint density at radius 1 is 1.18 bits per heavy atom. The number of rotatable bonds is 2. The second kappa shape index (κ2) is 4.40. The molecular formula is C10H11N. The van der Waals surface area contributed by atoms with Gasteiger partial charge in [-0.05, 0) is 12.0 Å². The Hall–Kier alpha value is -1.42. The lowest BCUT2D eigenvalue weighted by atomic mass is 10.1. The standard InChI is InChI=1S/C10H11N/c11-9-5-4-8-10-6-2-1-3-7-10/h1-3,6-7H,4,8,11H2. The summed E-state index contributed by atoms with van der Waals surface area (Å²) in [6.45, 7) is 0. The second-order valence-electron chi connectivity index (χ2n) is 2.31. The molecule has 0 aliphatic heterocycles. The van der Waals surface area contributed by atoms with E-state index in [1.54, 1.807) is 0 Å². The van der Waals surface area contributed by atoms with Gasteiger partial charge >= 0.3 is 0 Å². The third-order valence-electron chi connectivity index (χ3n) is 1.48. The number of aryl methyl sites for hydroxylation is 1. The largest absolute Gasteiger partial charge is 0.359 e. The fourth-order valence-electron chi connectivity index (χ4n) is 0.924. The molecular weight excluding hydrogens is 134 g/mol. The highest BCUT2D eigenvalue weighted by Crippen LogP contribution is 2.00. The molecule has 0 aromatic heterocycles. The zero-order valence-corrected chi connectivity index (χ0v) is 6.38. The molecule has 1 nitrogen and oxygen atoms in total. The summed E-state index contributed by atoms with van der Waals surface area (Å²) < 4.78 is 0. The van der Waals surface area contributed by atoms with Crippen LogP contribution < -0.4 is 5.73 Å². The molecule has 0 amide bonds. The Bertz CT molecular complexity index is 253. The van der Waals surface area contributed by atoms with Crippen LogP contribution in [0.2, 0.25) is 0 Å². The lowest BCUT2D eigenvalue weighted by molar-refractivity contribution is 1.03. The molecule has 0 aliphatic carbocycles. The van der Waals surface area contributed by atoms with Crippen LogP contribution in [0.4, 0.5) is 0 Å². The predicted molar refractivity (Wildman–Crippen MR) is 46.7 cm³/mol. The first-order valence-electron chi connectivity index (χ1n) is 3.66. The SMILES string of the molecule is NC#CCCc1ccccc1. The molecule has 0 fully saturated rings. The quantitative estimate of drug-likeness (QED) is 0.495. The first-order chi connectivity index (χ1) is 5.43. The van der Waals surface area contributed by atoms with Crippen molar-refractivity contribution in [2.45, 2.75) is 12.8 Å². The Morgan fingerprint density at radius 3 is 2.55 bits per heavy atom. The van der Waals surface area contributed by atoms with E-state index in [0.717, 1.165) is 12.8 Å². The van der Waals surface area contributed by atoms with Crippen molar-refractivity contribution < 1.29 is 0 Å². The monoisotopic (exact) mass is 145 g/mol. The van der Waals surface area contributed by atoms with Crippen LogP contribution in [0.1, 0.15) is 12.0 Å². The van der Waals surface area contributed by atoms with Crippen LogP contribution in [0.15, 0.2) is 30.3 Å². The van der Waals surface area contributed by atoms with E-state index >= 15 is 0 Å². The summed E-state index contributed by atoms with van der Waals surface area (Å²) in [5.74, 6) is 2.82. The zero-order chi connectivity index (χ0) is 7.94. The third-order valence-corrected chi connectivity index (χ3v) is 1.48. The van der Waals surface area contributed by atoms with Gasteiger partial charge in [0.15, 0.2) is 0 Å². The summed E-state index contributed by atoms with van der Waals surface area (Å²) in [6.07, 6.45) is 1.84. The Labute approximate surface area is 67.2 Å². The van der Waals surface area contributed by atoms with Crippen LogP contribution in [-0.2, 0) is 6.42 Å². The maximum absolute atomic E-state index is 5.03. The highest BCUT2D eigenvalue weighted by Gasteiger charge is 1.86. The van der Waals surface area contributed by atoms with Crippen LogP contribution in [-0.4, -0.2) is 0 Å². The predicted octanol–water partition coefficient (Wildman–Crippen LogP) is 1.54. The topological polar surface area (TPSA) is 26.0 Å². The number of benzene rings is 1. The van der Waals surface area contributed by atoms with E-state index in [2.05, 4.69) is 24.1 Å². The molecule has 56 valence electrons. The minimum absolute atomic E-state index is 0.848. The number of nitrogens with two attached hydrogens (primary N) is 1. The molecule has 0 spiro atoms.